The number of fused-ring (bicyclic) bond motifs is 2. The Labute approximate surface area is 105 Å². The Morgan fingerprint density at radius 2 is 2.18 bits per heavy atom. The molecule has 2 aliphatic heterocycles. The van der Waals surface area contributed by atoms with E-state index in [-0.39, 0.29) is 0 Å². The van der Waals surface area contributed by atoms with Crippen LogP contribution in [0.4, 0.5) is 10.1 Å². The molecule has 17 heavy (non-hydrogen) atoms. The maximum absolute atomic E-state index is 14.4. The van der Waals surface area contributed by atoms with E-state index in [2.05, 4.69) is 4.99 Å². The summed E-state index contributed by atoms with van der Waals surface area (Å²) < 4.78 is 14.4. The number of halogens is 2. The van der Waals surface area contributed by atoms with Crippen molar-refractivity contribution in [3.63, 3.8) is 0 Å². The Morgan fingerprint density at radius 1 is 1.29 bits per heavy atom. The molecule has 0 N–H and O–H groups in total. The van der Waals surface area contributed by atoms with Crippen molar-refractivity contribution < 1.29 is 4.39 Å². The van der Waals surface area contributed by atoms with E-state index in [4.69, 9.17) is 11.6 Å². The molecule has 1 unspecified atom stereocenters. The van der Waals surface area contributed by atoms with Crippen molar-refractivity contribution in [1.29, 1.82) is 0 Å². The normalized spacial score (nSPS) is 23.5. The van der Waals surface area contributed by atoms with Crippen LogP contribution in [0.15, 0.2) is 23.2 Å². The topological polar surface area (TPSA) is 15.6 Å². The molecule has 1 atom stereocenters. The van der Waals surface area contributed by atoms with Gasteiger partial charge in [0.2, 0.25) is 6.30 Å². The van der Waals surface area contributed by atoms with Crippen LogP contribution in [-0.4, -0.2) is 17.3 Å². The highest BCUT2D eigenvalue weighted by Crippen LogP contribution is 2.39. The quantitative estimate of drug-likeness (QED) is 0.631. The van der Waals surface area contributed by atoms with Crippen LogP contribution in [0.1, 0.15) is 37.5 Å². The molecular formula is C13H14ClFN2. The maximum atomic E-state index is 14.4. The number of benzene rings is 1. The molecule has 3 rings (SSSR count). The van der Waals surface area contributed by atoms with Gasteiger partial charge in [0.1, 0.15) is 5.84 Å². The third-order valence-electron chi connectivity index (χ3n) is 3.40. The van der Waals surface area contributed by atoms with Crippen molar-refractivity contribution in [1.82, 2.24) is 4.90 Å². The minimum Gasteiger partial charge on any atom is -0.326 e. The van der Waals surface area contributed by atoms with Crippen LogP contribution < -0.4 is 0 Å². The summed E-state index contributed by atoms with van der Waals surface area (Å²) in [6, 6.07) is 5.22. The molecule has 2 nitrogen and oxygen atoms in total. The second-order valence-electron chi connectivity index (χ2n) is 4.57. The summed E-state index contributed by atoms with van der Waals surface area (Å²) in [4.78, 5) is 6.35. The van der Waals surface area contributed by atoms with Gasteiger partial charge in [0.15, 0.2) is 0 Å². The van der Waals surface area contributed by atoms with E-state index < -0.39 is 6.30 Å². The second kappa shape index (κ2) is 4.30. The predicted octanol–water partition coefficient (Wildman–Crippen LogP) is 4.23. The molecule has 2 aliphatic rings. The lowest BCUT2D eigenvalue weighted by Gasteiger charge is -2.32. The molecule has 1 aromatic carbocycles. The molecule has 0 aliphatic carbocycles. The SMILES string of the molecule is FC1c2ccc(Cl)cc2N=C2CCCCCN21. The Kier molecular flexibility index (Phi) is 2.79. The number of rotatable bonds is 0. The highest BCUT2D eigenvalue weighted by molar-refractivity contribution is 6.30. The zero-order chi connectivity index (χ0) is 11.8. The monoisotopic (exact) mass is 252 g/mol. The first-order chi connectivity index (χ1) is 8.25. The van der Waals surface area contributed by atoms with Crippen LogP contribution >= 0.6 is 11.6 Å². The molecule has 0 saturated carbocycles. The number of alkyl halides is 1. The van der Waals surface area contributed by atoms with Crippen LogP contribution in [0.25, 0.3) is 0 Å². The van der Waals surface area contributed by atoms with Gasteiger partial charge >= 0.3 is 0 Å². The molecule has 4 heteroatoms. The van der Waals surface area contributed by atoms with E-state index in [9.17, 15) is 4.39 Å². The Balaban J connectivity index is 2.06. The molecule has 90 valence electrons. The third-order valence-corrected chi connectivity index (χ3v) is 3.64. The van der Waals surface area contributed by atoms with Gasteiger partial charge in [-0.3, -0.25) is 0 Å². The standard InChI is InChI=1S/C13H14ClFN2/c14-9-5-6-10-11(8-9)16-12-4-2-1-3-7-17(12)13(10)15/h5-6,8,13H,1-4,7H2. The van der Waals surface area contributed by atoms with Gasteiger partial charge in [-0.2, -0.15) is 0 Å². The van der Waals surface area contributed by atoms with Crippen LogP contribution in [-0.2, 0) is 0 Å². The van der Waals surface area contributed by atoms with Gasteiger partial charge in [-0.15, -0.1) is 0 Å². The molecule has 1 saturated heterocycles. The number of aliphatic imine (C=N–C) groups is 1. The first-order valence-electron chi connectivity index (χ1n) is 6.03. The number of nitrogens with zero attached hydrogens (tertiary/aromatic N) is 2. The lowest BCUT2D eigenvalue weighted by molar-refractivity contribution is 0.152. The molecule has 0 radical (unpaired) electrons. The van der Waals surface area contributed by atoms with Gasteiger partial charge in [-0.05, 0) is 25.0 Å². The predicted molar refractivity (Wildman–Crippen MR) is 67.6 cm³/mol. The summed E-state index contributed by atoms with van der Waals surface area (Å²) in [6.45, 7) is 0.766. The summed E-state index contributed by atoms with van der Waals surface area (Å²) >= 11 is 5.93. The van der Waals surface area contributed by atoms with Crippen LogP contribution in [0.3, 0.4) is 0 Å². The first kappa shape index (κ1) is 11.0. The molecule has 0 bridgehead atoms. The van der Waals surface area contributed by atoms with Gasteiger partial charge in [0.05, 0.1) is 5.69 Å². The fourth-order valence-electron chi connectivity index (χ4n) is 2.50. The van der Waals surface area contributed by atoms with Gasteiger partial charge in [-0.25, -0.2) is 9.38 Å². The smallest absolute Gasteiger partial charge is 0.201 e. The second-order valence-corrected chi connectivity index (χ2v) is 5.01. The van der Waals surface area contributed by atoms with Crippen molar-refractivity contribution in [2.75, 3.05) is 6.54 Å². The number of hydrogen-bond donors (Lipinski definition) is 0. The summed E-state index contributed by atoms with van der Waals surface area (Å²) in [7, 11) is 0. The number of amidine groups is 1. The lowest BCUT2D eigenvalue weighted by Crippen LogP contribution is -2.34. The average molecular weight is 253 g/mol. The van der Waals surface area contributed by atoms with Gasteiger partial charge in [0, 0.05) is 23.6 Å². The van der Waals surface area contributed by atoms with Crippen molar-refractivity contribution in [3.8, 4) is 0 Å². The maximum Gasteiger partial charge on any atom is 0.201 e. The molecule has 1 fully saturated rings. The number of hydrogen-bond acceptors (Lipinski definition) is 2. The molecule has 1 aromatic rings. The van der Waals surface area contributed by atoms with E-state index in [0.717, 1.165) is 38.1 Å². The molecule has 0 amide bonds. The van der Waals surface area contributed by atoms with Crippen molar-refractivity contribution in [2.24, 2.45) is 4.99 Å². The van der Waals surface area contributed by atoms with Crippen LogP contribution in [0, 0.1) is 0 Å². The fourth-order valence-corrected chi connectivity index (χ4v) is 2.67. The summed E-state index contributed by atoms with van der Waals surface area (Å²) in [5, 5.41) is 0.613. The van der Waals surface area contributed by atoms with Crippen molar-refractivity contribution >= 4 is 23.1 Å². The average Bonchev–Trinajstić information content (AvgIpc) is 2.54. The minimum atomic E-state index is -1.06. The minimum absolute atomic E-state index is 0.613. The van der Waals surface area contributed by atoms with Gasteiger partial charge in [0.25, 0.3) is 0 Å². The zero-order valence-corrected chi connectivity index (χ0v) is 10.3. The lowest BCUT2D eigenvalue weighted by atomic mass is 10.1. The molecule has 0 aromatic heterocycles. The zero-order valence-electron chi connectivity index (χ0n) is 9.50. The van der Waals surface area contributed by atoms with Crippen molar-refractivity contribution in [3.05, 3.63) is 28.8 Å². The van der Waals surface area contributed by atoms with Gasteiger partial charge < -0.3 is 4.90 Å². The Hall–Kier alpha value is -1.09. The largest absolute Gasteiger partial charge is 0.326 e. The van der Waals surface area contributed by atoms with Crippen LogP contribution in [0.2, 0.25) is 5.02 Å². The first-order valence-corrected chi connectivity index (χ1v) is 6.41. The highest BCUT2D eigenvalue weighted by Gasteiger charge is 2.30. The molecule has 2 heterocycles. The summed E-state index contributed by atoms with van der Waals surface area (Å²) in [6.07, 6.45) is 3.10. The van der Waals surface area contributed by atoms with E-state index >= 15 is 0 Å². The van der Waals surface area contributed by atoms with E-state index in [1.165, 1.54) is 0 Å². The highest BCUT2D eigenvalue weighted by atomic mass is 35.5. The van der Waals surface area contributed by atoms with E-state index in [1.807, 2.05) is 0 Å². The Bertz CT molecular complexity index is 472. The van der Waals surface area contributed by atoms with Crippen LogP contribution in [0.5, 0.6) is 0 Å². The van der Waals surface area contributed by atoms with Gasteiger partial charge in [-0.1, -0.05) is 24.1 Å². The summed E-state index contributed by atoms with van der Waals surface area (Å²) in [5.74, 6) is 0.879. The third kappa shape index (κ3) is 1.93. The fraction of sp³-hybridized carbons (Fsp3) is 0.462. The van der Waals surface area contributed by atoms with E-state index in [1.54, 1.807) is 23.1 Å². The molecular weight excluding hydrogens is 239 g/mol. The Morgan fingerprint density at radius 3 is 3.06 bits per heavy atom. The molecule has 0 spiro atoms. The summed E-state index contributed by atoms with van der Waals surface area (Å²) in [5.41, 5.74) is 1.33. The van der Waals surface area contributed by atoms with Crippen molar-refractivity contribution in [2.45, 2.75) is 32.0 Å². The van der Waals surface area contributed by atoms with E-state index in [0.29, 0.717) is 16.3 Å².